The third kappa shape index (κ3) is 4.94. The number of aryl methyl sites for hydroxylation is 1. The lowest BCUT2D eigenvalue weighted by molar-refractivity contribution is 0.530. The van der Waals surface area contributed by atoms with Crippen molar-refractivity contribution in [2.45, 2.75) is 37.1 Å². The molecule has 0 N–H and O–H groups in total. The largest absolute Gasteiger partial charge is 0.251 e. The first-order valence-corrected chi connectivity index (χ1v) is 8.57. The van der Waals surface area contributed by atoms with E-state index in [1.54, 1.807) is 0 Å². The highest BCUT2D eigenvalue weighted by atomic mass is 32.2. The van der Waals surface area contributed by atoms with Gasteiger partial charge in [0.25, 0.3) is 0 Å². The molecule has 0 fully saturated rings. The van der Waals surface area contributed by atoms with Crippen LogP contribution in [0.15, 0.2) is 23.1 Å². The monoisotopic (exact) mass is 282 g/mol. The number of thioether (sulfide) groups is 1. The van der Waals surface area contributed by atoms with E-state index in [2.05, 4.69) is 26.8 Å². The molecule has 0 amide bonds. The molecule has 18 heavy (non-hydrogen) atoms. The van der Waals surface area contributed by atoms with Crippen LogP contribution in [-0.4, -0.2) is 25.7 Å². The minimum absolute atomic E-state index is 0.202. The molecule has 0 heterocycles. The zero-order chi connectivity index (χ0) is 13.5. The Morgan fingerprint density at radius 1 is 1.44 bits per heavy atom. The highest BCUT2D eigenvalue weighted by Crippen LogP contribution is 2.41. The molecule has 0 saturated carbocycles. The molecular weight excluding hydrogens is 261 g/mol. The van der Waals surface area contributed by atoms with E-state index in [9.17, 15) is 4.39 Å². The Bertz CT molecular complexity index is 373. The Morgan fingerprint density at radius 2 is 2.17 bits per heavy atom. The normalized spacial score (nSPS) is 15.1. The van der Waals surface area contributed by atoms with Crippen LogP contribution in [0.1, 0.15) is 25.8 Å². The van der Waals surface area contributed by atoms with Crippen molar-refractivity contribution >= 4 is 33.7 Å². The third-order valence-electron chi connectivity index (χ3n) is 3.05. The summed E-state index contributed by atoms with van der Waals surface area (Å²) in [6.07, 6.45) is 1.83. The van der Waals surface area contributed by atoms with Crippen molar-refractivity contribution < 1.29 is 4.39 Å². The molecule has 1 aromatic carbocycles. The van der Waals surface area contributed by atoms with Crippen molar-refractivity contribution in [3.63, 3.8) is 0 Å². The number of halogens is 1. The van der Waals surface area contributed by atoms with Gasteiger partial charge >= 0.3 is 0 Å². The fourth-order valence-electron chi connectivity index (χ4n) is 1.71. The molecule has 3 unspecified atom stereocenters. The van der Waals surface area contributed by atoms with Crippen LogP contribution < -0.4 is 5.46 Å². The fraction of sp³-hybridized carbons (Fsp3) is 0.571. The lowest BCUT2D eigenvalue weighted by atomic mass is 9.95. The summed E-state index contributed by atoms with van der Waals surface area (Å²) >= 11 is 1.89. The van der Waals surface area contributed by atoms with Crippen molar-refractivity contribution in [1.29, 1.82) is 0 Å². The molecule has 2 radical (unpaired) electrons. The van der Waals surface area contributed by atoms with Crippen molar-refractivity contribution in [2.24, 2.45) is 5.92 Å². The summed E-state index contributed by atoms with van der Waals surface area (Å²) in [5.74, 6) is 0.622. The molecule has 0 aliphatic carbocycles. The highest BCUT2D eigenvalue weighted by Gasteiger charge is 2.17. The smallest absolute Gasteiger partial charge is 0.113 e. The maximum absolute atomic E-state index is 12.4. The van der Waals surface area contributed by atoms with Crippen molar-refractivity contribution in [3.05, 3.63) is 23.8 Å². The first-order chi connectivity index (χ1) is 8.58. The molecule has 1 aromatic rings. The predicted molar refractivity (Wildman–Crippen MR) is 84.8 cm³/mol. The van der Waals surface area contributed by atoms with E-state index in [4.69, 9.17) is 7.85 Å². The van der Waals surface area contributed by atoms with Crippen LogP contribution in [0, 0.1) is 12.8 Å². The Hall–Kier alpha value is -0.00506. The molecule has 0 aliphatic heterocycles. The van der Waals surface area contributed by atoms with Gasteiger partial charge in [-0.15, -0.1) is 20.3 Å². The standard InChI is InChI=1S/C14H21BFPS/c1-4-10(2)14(17-8-7-16)18-13-6-5-12(15)9-11(13)3/h5-6,9-10,14,17H,4,7-8H2,1-3H3. The predicted octanol–water partition coefficient (Wildman–Crippen LogP) is 3.90. The average Bonchev–Trinajstić information content (AvgIpc) is 2.36. The maximum atomic E-state index is 12.4. The fourth-order valence-corrected chi connectivity index (χ4v) is 4.90. The Kier molecular flexibility index (Phi) is 7.33. The van der Waals surface area contributed by atoms with Crippen molar-refractivity contribution in [3.8, 4) is 0 Å². The molecule has 0 spiro atoms. The van der Waals surface area contributed by atoms with E-state index < -0.39 is 0 Å². The summed E-state index contributed by atoms with van der Waals surface area (Å²) in [6.45, 7) is 6.35. The van der Waals surface area contributed by atoms with Crippen LogP contribution in [0.5, 0.6) is 0 Å². The Labute approximate surface area is 118 Å². The second kappa shape index (κ2) is 8.22. The zero-order valence-corrected chi connectivity index (χ0v) is 13.2. The van der Waals surface area contributed by atoms with Gasteiger partial charge in [-0.05, 0) is 30.6 Å². The third-order valence-corrected chi connectivity index (χ3v) is 6.79. The van der Waals surface area contributed by atoms with Crippen molar-refractivity contribution in [1.82, 2.24) is 0 Å². The summed E-state index contributed by atoms with van der Waals surface area (Å²) in [6, 6.07) is 6.04. The molecule has 3 atom stereocenters. The van der Waals surface area contributed by atoms with E-state index in [1.165, 1.54) is 10.5 Å². The van der Waals surface area contributed by atoms with Crippen LogP contribution in [0.4, 0.5) is 4.39 Å². The summed E-state index contributed by atoms with van der Waals surface area (Å²) in [7, 11) is 6.45. The maximum Gasteiger partial charge on any atom is 0.113 e. The van der Waals surface area contributed by atoms with Gasteiger partial charge < -0.3 is 0 Å². The van der Waals surface area contributed by atoms with E-state index in [0.29, 0.717) is 25.7 Å². The highest BCUT2D eigenvalue weighted by molar-refractivity contribution is 8.04. The van der Waals surface area contributed by atoms with Gasteiger partial charge in [-0.2, -0.15) is 0 Å². The quantitative estimate of drug-likeness (QED) is 0.415. The van der Waals surface area contributed by atoms with Gasteiger partial charge in [0.1, 0.15) is 7.85 Å². The van der Waals surface area contributed by atoms with Gasteiger partial charge in [-0.1, -0.05) is 37.9 Å². The molecule has 0 bridgehead atoms. The van der Waals surface area contributed by atoms with E-state index >= 15 is 0 Å². The van der Waals surface area contributed by atoms with Gasteiger partial charge in [-0.3, -0.25) is 4.39 Å². The summed E-state index contributed by atoms with van der Waals surface area (Å²) < 4.78 is 12.4. The Balaban J connectivity index is 2.75. The van der Waals surface area contributed by atoms with Gasteiger partial charge in [-0.25, -0.2) is 0 Å². The van der Waals surface area contributed by atoms with Gasteiger partial charge in [0.15, 0.2) is 0 Å². The van der Waals surface area contributed by atoms with E-state index in [0.717, 1.165) is 11.9 Å². The molecular formula is C14H21BFPS. The summed E-state index contributed by atoms with van der Waals surface area (Å²) in [5.41, 5.74) is 2.03. The number of hydrogen-bond acceptors (Lipinski definition) is 1. The molecule has 98 valence electrons. The number of alkyl halides is 1. The lowest BCUT2D eigenvalue weighted by Gasteiger charge is -2.23. The zero-order valence-electron chi connectivity index (χ0n) is 11.4. The number of hydrogen-bond donors (Lipinski definition) is 0. The summed E-state index contributed by atoms with van der Waals surface area (Å²) in [5, 5.41) is 0. The van der Waals surface area contributed by atoms with Crippen LogP contribution in [0.25, 0.3) is 0 Å². The van der Waals surface area contributed by atoms with Crippen LogP contribution in [-0.2, 0) is 0 Å². The SMILES string of the molecule is [B]c1ccc(SC(PCCF)C(C)CC)c(C)c1. The van der Waals surface area contributed by atoms with Gasteiger partial charge in [0, 0.05) is 9.89 Å². The molecule has 0 aromatic heterocycles. The molecule has 1 rings (SSSR count). The topological polar surface area (TPSA) is 0 Å². The van der Waals surface area contributed by atoms with Crippen LogP contribution in [0.3, 0.4) is 0 Å². The minimum Gasteiger partial charge on any atom is -0.251 e. The average molecular weight is 282 g/mol. The molecule has 4 heteroatoms. The van der Waals surface area contributed by atoms with Crippen molar-refractivity contribution in [2.75, 3.05) is 12.8 Å². The second-order valence-corrected chi connectivity index (χ2v) is 7.72. The van der Waals surface area contributed by atoms with Gasteiger partial charge in [0.2, 0.25) is 0 Å². The first-order valence-electron chi connectivity index (χ1n) is 6.40. The summed E-state index contributed by atoms with van der Waals surface area (Å²) in [4.78, 5) is 1.80. The van der Waals surface area contributed by atoms with Crippen LogP contribution >= 0.6 is 20.3 Å². The lowest BCUT2D eigenvalue weighted by Crippen LogP contribution is -2.10. The van der Waals surface area contributed by atoms with E-state index in [1.807, 2.05) is 23.9 Å². The molecule has 0 saturated heterocycles. The second-order valence-electron chi connectivity index (χ2n) is 4.59. The number of rotatable bonds is 7. The molecule has 0 nitrogen and oxygen atoms in total. The van der Waals surface area contributed by atoms with E-state index in [-0.39, 0.29) is 6.67 Å². The first kappa shape index (κ1) is 16.1. The Morgan fingerprint density at radius 3 is 2.72 bits per heavy atom. The van der Waals surface area contributed by atoms with Crippen LogP contribution in [0.2, 0.25) is 0 Å². The van der Waals surface area contributed by atoms with Gasteiger partial charge in [0.05, 0.1) is 6.67 Å². The number of benzene rings is 1. The minimum atomic E-state index is -0.202. The molecule has 0 aliphatic rings.